The summed E-state index contributed by atoms with van der Waals surface area (Å²) >= 11 is 3.57. The molecule has 1 aromatic carbocycles. The number of likely N-dealkylation sites (tertiary alicyclic amines) is 1. The van der Waals surface area contributed by atoms with Crippen LogP contribution >= 0.6 is 15.9 Å². The van der Waals surface area contributed by atoms with Crippen molar-refractivity contribution < 1.29 is 4.74 Å². The zero-order valence-electron chi connectivity index (χ0n) is 16.8. The standard InChI is InChI=1S/C21H25BrN6O/c1-14-10-27-13-23-9-17(27)11-28(14)20-18-6-5-15(22)8-19(18)24-21(25-20)29-12-16-4-3-7-26(16)2/h5-6,8-9,13-14,16H,3-4,7,10-12H2,1-2H3/t14-,16+/m1/s1. The van der Waals surface area contributed by atoms with Crippen molar-refractivity contribution in [2.24, 2.45) is 0 Å². The number of rotatable bonds is 4. The van der Waals surface area contributed by atoms with Crippen LogP contribution in [0.25, 0.3) is 10.9 Å². The van der Waals surface area contributed by atoms with Gasteiger partial charge >= 0.3 is 6.01 Å². The van der Waals surface area contributed by atoms with E-state index in [2.05, 4.69) is 55.3 Å². The minimum atomic E-state index is 0.298. The number of ether oxygens (including phenoxy) is 1. The summed E-state index contributed by atoms with van der Waals surface area (Å²) in [5.74, 6) is 0.928. The van der Waals surface area contributed by atoms with Crippen LogP contribution in [0.15, 0.2) is 35.2 Å². The van der Waals surface area contributed by atoms with Gasteiger partial charge in [-0.25, -0.2) is 4.98 Å². The molecule has 0 N–H and O–H groups in total. The monoisotopic (exact) mass is 456 g/mol. The number of imidazole rings is 1. The van der Waals surface area contributed by atoms with Gasteiger partial charge in [-0.1, -0.05) is 15.9 Å². The smallest absolute Gasteiger partial charge is 0.319 e. The Morgan fingerprint density at radius 2 is 2.17 bits per heavy atom. The highest BCUT2D eigenvalue weighted by Gasteiger charge is 2.27. The first-order valence-electron chi connectivity index (χ1n) is 10.1. The van der Waals surface area contributed by atoms with Crippen molar-refractivity contribution >= 4 is 32.7 Å². The van der Waals surface area contributed by atoms with Crippen LogP contribution in [0.4, 0.5) is 5.82 Å². The van der Waals surface area contributed by atoms with Gasteiger partial charge < -0.3 is 19.1 Å². The third kappa shape index (κ3) is 3.59. The van der Waals surface area contributed by atoms with Gasteiger partial charge in [0, 0.05) is 34.7 Å². The Labute approximate surface area is 178 Å². The fourth-order valence-electron chi connectivity index (χ4n) is 4.35. The third-order valence-electron chi connectivity index (χ3n) is 6.09. The fourth-order valence-corrected chi connectivity index (χ4v) is 4.70. The summed E-state index contributed by atoms with van der Waals surface area (Å²) in [5, 5.41) is 1.04. The Bertz CT molecular complexity index is 1040. The van der Waals surface area contributed by atoms with Gasteiger partial charge in [0.2, 0.25) is 0 Å². The molecule has 1 saturated heterocycles. The molecular formula is C21H25BrN6O. The fraction of sp³-hybridized carbons (Fsp3) is 0.476. The van der Waals surface area contributed by atoms with Crippen molar-refractivity contribution in [3.63, 3.8) is 0 Å². The molecule has 29 heavy (non-hydrogen) atoms. The molecule has 0 saturated carbocycles. The van der Waals surface area contributed by atoms with Crippen LogP contribution in [0.5, 0.6) is 6.01 Å². The second-order valence-corrected chi connectivity index (χ2v) is 9.01. The Morgan fingerprint density at radius 1 is 1.28 bits per heavy atom. The van der Waals surface area contributed by atoms with Gasteiger partial charge in [0.25, 0.3) is 0 Å². The molecule has 2 aliphatic heterocycles. The number of fused-ring (bicyclic) bond motifs is 2. The maximum atomic E-state index is 6.11. The van der Waals surface area contributed by atoms with E-state index in [0.717, 1.165) is 47.2 Å². The molecule has 0 amide bonds. The van der Waals surface area contributed by atoms with Crippen LogP contribution in [-0.2, 0) is 13.1 Å². The Hall–Kier alpha value is -2.19. The number of benzene rings is 1. The second-order valence-electron chi connectivity index (χ2n) is 8.09. The molecule has 3 aromatic rings. The summed E-state index contributed by atoms with van der Waals surface area (Å²) in [4.78, 5) is 18.6. The highest BCUT2D eigenvalue weighted by Crippen LogP contribution is 2.32. The molecule has 1 fully saturated rings. The van der Waals surface area contributed by atoms with E-state index in [4.69, 9.17) is 14.7 Å². The Kier molecular flexibility index (Phi) is 4.91. The van der Waals surface area contributed by atoms with E-state index >= 15 is 0 Å². The van der Waals surface area contributed by atoms with E-state index in [1.54, 1.807) is 0 Å². The highest BCUT2D eigenvalue weighted by molar-refractivity contribution is 9.10. The molecule has 152 valence electrons. The average Bonchev–Trinajstić information content (AvgIpc) is 3.32. The van der Waals surface area contributed by atoms with E-state index in [9.17, 15) is 0 Å². The van der Waals surface area contributed by atoms with Crippen LogP contribution in [0.3, 0.4) is 0 Å². The van der Waals surface area contributed by atoms with Gasteiger partial charge in [-0.15, -0.1) is 0 Å². The van der Waals surface area contributed by atoms with Crippen LogP contribution in [0.1, 0.15) is 25.5 Å². The molecular weight excluding hydrogens is 432 g/mol. The van der Waals surface area contributed by atoms with Gasteiger partial charge in [0.15, 0.2) is 0 Å². The SMILES string of the molecule is C[C@@H]1Cn2cncc2CN1c1nc(OC[C@@H]2CCCN2C)nc2cc(Br)ccc12. The van der Waals surface area contributed by atoms with Gasteiger partial charge in [-0.3, -0.25) is 0 Å². The molecule has 2 aromatic heterocycles. The quantitative estimate of drug-likeness (QED) is 0.598. The Balaban J connectivity index is 1.51. The summed E-state index contributed by atoms with van der Waals surface area (Å²) in [6.07, 6.45) is 6.23. The number of hydrogen-bond donors (Lipinski definition) is 0. The molecule has 0 unspecified atom stereocenters. The van der Waals surface area contributed by atoms with Crippen molar-refractivity contribution in [3.05, 3.63) is 40.9 Å². The van der Waals surface area contributed by atoms with E-state index < -0.39 is 0 Å². The molecule has 0 aliphatic carbocycles. The van der Waals surface area contributed by atoms with Crippen LogP contribution in [0, 0.1) is 0 Å². The van der Waals surface area contributed by atoms with E-state index in [1.807, 2.05) is 24.7 Å². The normalized spacial score (nSPS) is 22.2. The van der Waals surface area contributed by atoms with Crippen LogP contribution in [-0.4, -0.2) is 56.7 Å². The van der Waals surface area contributed by atoms with Crippen molar-refractivity contribution in [2.75, 3.05) is 25.1 Å². The molecule has 5 rings (SSSR count). The molecule has 0 radical (unpaired) electrons. The number of anilines is 1. The predicted molar refractivity (Wildman–Crippen MR) is 116 cm³/mol. The molecule has 2 aliphatic rings. The molecule has 7 nitrogen and oxygen atoms in total. The predicted octanol–water partition coefficient (Wildman–Crippen LogP) is 3.47. The lowest BCUT2D eigenvalue weighted by molar-refractivity contribution is 0.188. The lowest BCUT2D eigenvalue weighted by Gasteiger charge is -2.35. The van der Waals surface area contributed by atoms with Crippen molar-refractivity contribution in [1.29, 1.82) is 0 Å². The topological polar surface area (TPSA) is 59.3 Å². The maximum Gasteiger partial charge on any atom is 0.319 e. The molecule has 2 atom stereocenters. The third-order valence-corrected chi connectivity index (χ3v) is 6.58. The first kappa shape index (κ1) is 18.8. The van der Waals surface area contributed by atoms with Gasteiger partial charge in [0.1, 0.15) is 12.4 Å². The first-order valence-corrected chi connectivity index (χ1v) is 10.9. The zero-order valence-corrected chi connectivity index (χ0v) is 18.3. The summed E-state index contributed by atoms with van der Waals surface area (Å²) in [6.45, 7) is 5.64. The summed E-state index contributed by atoms with van der Waals surface area (Å²) in [6, 6.07) is 7.35. The second kappa shape index (κ2) is 7.57. The average molecular weight is 457 g/mol. The highest BCUT2D eigenvalue weighted by atomic mass is 79.9. The van der Waals surface area contributed by atoms with Crippen molar-refractivity contribution in [1.82, 2.24) is 24.4 Å². The summed E-state index contributed by atoms with van der Waals surface area (Å²) in [5.41, 5.74) is 2.09. The van der Waals surface area contributed by atoms with Crippen LogP contribution in [0.2, 0.25) is 0 Å². The molecule has 8 heteroatoms. The summed E-state index contributed by atoms with van der Waals surface area (Å²) < 4.78 is 9.32. The minimum absolute atomic E-state index is 0.298. The van der Waals surface area contributed by atoms with Crippen molar-refractivity contribution in [3.8, 4) is 6.01 Å². The minimum Gasteiger partial charge on any atom is -0.462 e. The van der Waals surface area contributed by atoms with Gasteiger partial charge in [0.05, 0.1) is 24.1 Å². The van der Waals surface area contributed by atoms with E-state index in [1.165, 1.54) is 12.1 Å². The zero-order chi connectivity index (χ0) is 20.0. The summed E-state index contributed by atoms with van der Waals surface area (Å²) in [7, 11) is 2.16. The number of likely N-dealkylation sites (N-methyl/N-ethyl adjacent to an activating group) is 1. The van der Waals surface area contributed by atoms with E-state index in [-0.39, 0.29) is 0 Å². The Morgan fingerprint density at radius 3 is 3.00 bits per heavy atom. The molecule has 0 bridgehead atoms. The molecule has 4 heterocycles. The van der Waals surface area contributed by atoms with Gasteiger partial charge in [-0.2, -0.15) is 9.97 Å². The number of aromatic nitrogens is 4. The first-order chi connectivity index (χ1) is 14.1. The lowest BCUT2D eigenvalue weighted by atomic mass is 10.1. The van der Waals surface area contributed by atoms with Crippen LogP contribution < -0.4 is 9.64 Å². The largest absolute Gasteiger partial charge is 0.462 e. The van der Waals surface area contributed by atoms with Gasteiger partial charge in [-0.05, 0) is 51.6 Å². The number of hydrogen-bond acceptors (Lipinski definition) is 6. The lowest BCUT2D eigenvalue weighted by Crippen LogP contribution is -2.41. The number of halogens is 1. The maximum absolute atomic E-state index is 6.11. The van der Waals surface area contributed by atoms with Crippen molar-refractivity contribution in [2.45, 2.75) is 44.9 Å². The number of nitrogens with zero attached hydrogens (tertiary/aromatic N) is 6. The molecule has 0 spiro atoms. The van der Waals surface area contributed by atoms with E-state index in [0.29, 0.717) is 24.7 Å².